The number of carbonyl (C=O) groups is 1. The lowest BCUT2D eigenvalue weighted by Crippen LogP contribution is -2.45. The van der Waals surface area contributed by atoms with Crippen LogP contribution in [0.25, 0.3) is 11.3 Å². The van der Waals surface area contributed by atoms with E-state index in [0.29, 0.717) is 6.54 Å². The lowest BCUT2D eigenvalue weighted by molar-refractivity contribution is 0.146. The molecule has 9 heteroatoms. The second kappa shape index (κ2) is 13.4. The molecule has 0 saturated carbocycles. The van der Waals surface area contributed by atoms with Gasteiger partial charge in [0.1, 0.15) is 5.82 Å². The van der Waals surface area contributed by atoms with Crippen LogP contribution >= 0.6 is 0 Å². The highest BCUT2D eigenvalue weighted by atomic mass is 16.5. The van der Waals surface area contributed by atoms with E-state index >= 15 is 0 Å². The van der Waals surface area contributed by atoms with Gasteiger partial charge in [0.05, 0.1) is 32.2 Å². The molecule has 1 aromatic heterocycles. The van der Waals surface area contributed by atoms with Gasteiger partial charge in [-0.2, -0.15) is 0 Å². The fraction of sp³-hybridized carbons (Fsp3) is 0.500. The van der Waals surface area contributed by atoms with E-state index in [2.05, 4.69) is 46.6 Å². The van der Waals surface area contributed by atoms with Crippen molar-refractivity contribution in [1.29, 1.82) is 0 Å². The topological polar surface area (TPSA) is 109 Å². The number of hydrazine groups is 1. The van der Waals surface area contributed by atoms with E-state index in [-0.39, 0.29) is 6.67 Å². The Bertz CT molecular complexity index is 716. The van der Waals surface area contributed by atoms with Crippen molar-refractivity contribution in [3.8, 4) is 11.3 Å². The SMILES string of the molecule is CCC.CCCN(Cc1ncc(-c2ccc(NC)cc2)n1N)NCNC(=O)OC. The normalized spacial score (nSPS) is 10.3. The average molecular weight is 406 g/mol. The summed E-state index contributed by atoms with van der Waals surface area (Å²) in [7, 11) is 3.21. The number of nitrogens with two attached hydrogens (primary N) is 1. The first kappa shape index (κ1) is 24.3. The quantitative estimate of drug-likeness (QED) is 0.288. The Morgan fingerprint density at radius 2 is 1.90 bits per heavy atom. The molecule has 1 heterocycles. The highest BCUT2D eigenvalue weighted by Crippen LogP contribution is 2.21. The van der Waals surface area contributed by atoms with Crippen molar-refractivity contribution in [2.24, 2.45) is 0 Å². The zero-order chi connectivity index (χ0) is 21.6. The predicted octanol–water partition coefficient (Wildman–Crippen LogP) is 2.75. The summed E-state index contributed by atoms with van der Waals surface area (Å²) >= 11 is 0. The van der Waals surface area contributed by atoms with E-state index in [9.17, 15) is 4.79 Å². The third kappa shape index (κ3) is 8.00. The van der Waals surface area contributed by atoms with Gasteiger partial charge in [0.2, 0.25) is 0 Å². The number of amides is 1. The number of methoxy groups -OCH3 is 1. The number of anilines is 1. The van der Waals surface area contributed by atoms with Crippen molar-refractivity contribution in [2.75, 3.05) is 38.5 Å². The smallest absolute Gasteiger partial charge is 0.407 e. The van der Waals surface area contributed by atoms with E-state index in [1.807, 2.05) is 36.3 Å². The summed E-state index contributed by atoms with van der Waals surface area (Å²) in [4.78, 5) is 15.6. The monoisotopic (exact) mass is 405 g/mol. The standard InChI is InChI=1S/C17H27N7O2.C3H8/c1-4-9-23(22-12-21-17(25)26-3)11-16-20-10-15(24(16)18)13-5-7-14(19-2)8-6-13;1-3-2/h5-8,10,19,22H,4,9,11-12,18H2,1-3H3,(H,21,25);3H2,1-2H3. The van der Waals surface area contributed by atoms with Crippen LogP contribution in [0.15, 0.2) is 30.5 Å². The first-order chi connectivity index (χ1) is 14.0. The van der Waals surface area contributed by atoms with Crippen LogP contribution in [-0.2, 0) is 11.3 Å². The minimum absolute atomic E-state index is 0.260. The zero-order valence-electron chi connectivity index (χ0n) is 18.2. The van der Waals surface area contributed by atoms with Gasteiger partial charge in [0.25, 0.3) is 0 Å². The van der Waals surface area contributed by atoms with E-state index in [0.717, 1.165) is 35.7 Å². The molecule has 0 unspecified atom stereocenters. The van der Waals surface area contributed by atoms with Gasteiger partial charge < -0.3 is 21.2 Å². The second-order valence-electron chi connectivity index (χ2n) is 6.39. The molecule has 9 nitrogen and oxygen atoms in total. The van der Waals surface area contributed by atoms with Crippen molar-refractivity contribution < 1.29 is 9.53 Å². The average Bonchev–Trinajstić information content (AvgIpc) is 3.08. The van der Waals surface area contributed by atoms with Gasteiger partial charge in [-0.05, 0) is 18.6 Å². The molecule has 162 valence electrons. The first-order valence-electron chi connectivity index (χ1n) is 9.90. The van der Waals surface area contributed by atoms with Crippen LogP contribution in [0, 0.1) is 0 Å². The van der Waals surface area contributed by atoms with Crippen LogP contribution in [-0.4, -0.2) is 48.1 Å². The molecule has 0 radical (unpaired) electrons. The van der Waals surface area contributed by atoms with Crippen LogP contribution < -0.4 is 21.9 Å². The van der Waals surface area contributed by atoms with Crippen LogP contribution in [0.1, 0.15) is 39.4 Å². The molecule has 0 fully saturated rings. The Morgan fingerprint density at radius 1 is 1.24 bits per heavy atom. The van der Waals surface area contributed by atoms with E-state index in [1.54, 1.807) is 10.9 Å². The lowest BCUT2D eigenvalue weighted by Gasteiger charge is -2.22. The van der Waals surface area contributed by atoms with Gasteiger partial charge in [0.15, 0.2) is 0 Å². The number of ether oxygens (including phenoxy) is 1. The summed E-state index contributed by atoms with van der Waals surface area (Å²) in [6.45, 7) is 7.87. The second-order valence-corrected chi connectivity index (χ2v) is 6.39. The van der Waals surface area contributed by atoms with Gasteiger partial charge in [0, 0.05) is 24.8 Å². The number of benzene rings is 1. The molecule has 1 aromatic carbocycles. The Kier molecular flexibility index (Phi) is 11.2. The van der Waals surface area contributed by atoms with Gasteiger partial charge in [-0.25, -0.2) is 24.9 Å². The van der Waals surface area contributed by atoms with Gasteiger partial charge in [-0.3, -0.25) is 0 Å². The van der Waals surface area contributed by atoms with Gasteiger partial charge in [-0.15, -0.1) is 0 Å². The van der Waals surface area contributed by atoms with Gasteiger partial charge in [-0.1, -0.05) is 39.3 Å². The van der Waals surface area contributed by atoms with Crippen molar-refractivity contribution >= 4 is 11.8 Å². The number of rotatable bonds is 9. The summed E-state index contributed by atoms with van der Waals surface area (Å²) in [5.41, 5.74) is 6.00. The molecule has 0 aliphatic heterocycles. The van der Waals surface area contributed by atoms with Gasteiger partial charge >= 0.3 is 6.09 Å². The molecular formula is C20H35N7O2. The molecule has 2 rings (SSSR count). The number of hydrogen-bond donors (Lipinski definition) is 4. The third-order valence-electron chi connectivity index (χ3n) is 3.89. The maximum atomic E-state index is 11.1. The van der Waals surface area contributed by atoms with Crippen molar-refractivity contribution in [3.63, 3.8) is 0 Å². The Hall–Kier alpha value is -2.78. The number of nitrogens with zero attached hydrogens (tertiary/aromatic N) is 3. The molecule has 1 amide bonds. The van der Waals surface area contributed by atoms with Crippen molar-refractivity contribution in [2.45, 2.75) is 40.2 Å². The number of hydrogen-bond acceptors (Lipinski definition) is 7. The summed E-state index contributed by atoms with van der Waals surface area (Å²) in [5, 5.41) is 7.63. The molecule has 0 spiro atoms. The molecular weight excluding hydrogens is 370 g/mol. The maximum absolute atomic E-state index is 11.1. The van der Waals surface area contributed by atoms with E-state index in [4.69, 9.17) is 5.84 Å². The highest BCUT2D eigenvalue weighted by Gasteiger charge is 2.13. The molecule has 0 atom stereocenters. The minimum Gasteiger partial charge on any atom is -0.453 e. The van der Waals surface area contributed by atoms with Crippen molar-refractivity contribution in [3.05, 3.63) is 36.3 Å². The summed E-state index contributed by atoms with van der Waals surface area (Å²) in [5.74, 6) is 6.96. The molecule has 0 aliphatic rings. The van der Waals surface area contributed by atoms with E-state index in [1.165, 1.54) is 13.5 Å². The molecule has 0 bridgehead atoms. The molecule has 0 saturated heterocycles. The number of aromatic nitrogens is 2. The summed E-state index contributed by atoms with van der Waals surface area (Å²) in [6, 6.07) is 7.98. The molecule has 29 heavy (non-hydrogen) atoms. The third-order valence-corrected chi connectivity index (χ3v) is 3.89. The highest BCUT2D eigenvalue weighted by molar-refractivity contribution is 5.66. The van der Waals surface area contributed by atoms with Crippen LogP contribution in [0.2, 0.25) is 0 Å². The van der Waals surface area contributed by atoms with Crippen LogP contribution in [0.4, 0.5) is 10.5 Å². The molecule has 5 N–H and O–H groups in total. The largest absolute Gasteiger partial charge is 0.453 e. The van der Waals surface area contributed by atoms with Crippen molar-refractivity contribution in [1.82, 2.24) is 25.4 Å². The molecule has 2 aromatic rings. The summed E-state index contributed by atoms with van der Waals surface area (Å²) < 4.78 is 6.14. The van der Waals surface area contributed by atoms with Crippen LogP contribution in [0.5, 0.6) is 0 Å². The Morgan fingerprint density at radius 3 is 2.45 bits per heavy atom. The number of alkyl carbamates (subject to hydrolysis) is 1. The number of nitrogens with one attached hydrogen (secondary N) is 3. The predicted molar refractivity (Wildman–Crippen MR) is 118 cm³/mol. The molecule has 0 aliphatic carbocycles. The maximum Gasteiger partial charge on any atom is 0.407 e. The first-order valence-corrected chi connectivity index (χ1v) is 9.90. The fourth-order valence-corrected chi connectivity index (χ4v) is 2.49. The van der Waals surface area contributed by atoms with E-state index < -0.39 is 6.09 Å². The minimum atomic E-state index is -0.485. The zero-order valence-corrected chi connectivity index (χ0v) is 18.2. The summed E-state index contributed by atoms with van der Waals surface area (Å²) in [6.07, 6.45) is 3.47. The fourth-order valence-electron chi connectivity index (χ4n) is 2.49. The number of carbonyl (C=O) groups excluding carboxylic acids is 1. The number of imidazole rings is 1. The lowest BCUT2D eigenvalue weighted by atomic mass is 10.1. The number of nitrogen functional groups attached to an aromatic ring is 1. The Labute approximate surface area is 173 Å². The Balaban J connectivity index is 0.00000132. The van der Waals surface area contributed by atoms with Crippen LogP contribution in [0.3, 0.4) is 0 Å².